The van der Waals surface area contributed by atoms with Crippen molar-refractivity contribution in [2.45, 2.75) is 45.4 Å². The Morgan fingerprint density at radius 2 is 1.94 bits per heavy atom. The Morgan fingerprint density at radius 3 is 2.66 bits per heavy atom. The Morgan fingerprint density at radius 1 is 1.17 bits per heavy atom. The fraction of sp³-hybridized carbons (Fsp3) is 0.345. The Bertz CT molecular complexity index is 1220. The van der Waals surface area contributed by atoms with Gasteiger partial charge in [-0.2, -0.15) is 0 Å². The Hall–Kier alpha value is -3.27. The maximum atomic E-state index is 11.1. The second-order valence-electron chi connectivity index (χ2n) is 9.11. The molecular weight excluding hydrogens is 456 g/mol. The van der Waals surface area contributed by atoms with Gasteiger partial charge in [0.25, 0.3) is 0 Å². The molecule has 1 aliphatic rings. The minimum absolute atomic E-state index is 0.00457. The van der Waals surface area contributed by atoms with Gasteiger partial charge >= 0.3 is 5.97 Å². The van der Waals surface area contributed by atoms with Crippen molar-refractivity contribution in [1.29, 1.82) is 0 Å². The zero-order chi connectivity index (χ0) is 24.8. The SMILES string of the molecule is CC#C[C@@H](CC(=O)O)c1ccc(OCc2cccc(CN3CCc4sc(N(C)C)cc4C3)c2)cc1. The average Bonchev–Trinajstić information content (AvgIpc) is 3.27. The summed E-state index contributed by atoms with van der Waals surface area (Å²) >= 11 is 1.92. The fourth-order valence-electron chi connectivity index (χ4n) is 4.37. The van der Waals surface area contributed by atoms with Crippen molar-refractivity contribution in [2.24, 2.45) is 0 Å². The molecule has 2 aromatic carbocycles. The van der Waals surface area contributed by atoms with Gasteiger partial charge in [0, 0.05) is 38.6 Å². The monoisotopic (exact) mass is 488 g/mol. The highest BCUT2D eigenvalue weighted by Gasteiger charge is 2.20. The third kappa shape index (κ3) is 6.66. The number of anilines is 1. The van der Waals surface area contributed by atoms with Crippen LogP contribution < -0.4 is 9.64 Å². The number of fused-ring (bicyclic) bond motifs is 1. The van der Waals surface area contributed by atoms with Gasteiger partial charge in [-0.15, -0.1) is 17.3 Å². The minimum Gasteiger partial charge on any atom is -0.489 e. The lowest BCUT2D eigenvalue weighted by Gasteiger charge is -2.26. The van der Waals surface area contributed by atoms with Gasteiger partial charge in [0.1, 0.15) is 12.4 Å². The third-order valence-corrected chi connectivity index (χ3v) is 7.56. The Balaban J connectivity index is 1.34. The molecule has 5 nitrogen and oxygen atoms in total. The fourth-order valence-corrected chi connectivity index (χ4v) is 5.46. The van der Waals surface area contributed by atoms with Crippen LogP contribution in [0.3, 0.4) is 0 Å². The van der Waals surface area contributed by atoms with E-state index in [0.29, 0.717) is 6.61 Å². The predicted octanol–water partition coefficient (Wildman–Crippen LogP) is 5.53. The number of hydrogen-bond acceptors (Lipinski definition) is 5. The average molecular weight is 489 g/mol. The summed E-state index contributed by atoms with van der Waals surface area (Å²) < 4.78 is 6.02. The highest BCUT2D eigenvalue weighted by molar-refractivity contribution is 7.16. The molecule has 3 aromatic rings. The van der Waals surface area contributed by atoms with Gasteiger partial charge in [-0.3, -0.25) is 9.69 Å². The number of rotatable bonds is 9. The van der Waals surface area contributed by atoms with E-state index in [9.17, 15) is 4.79 Å². The molecule has 35 heavy (non-hydrogen) atoms. The van der Waals surface area contributed by atoms with Crippen LogP contribution >= 0.6 is 11.3 Å². The maximum absolute atomic E-state index is 11.1. The molecule has 0 spiro atoms. The topological polar surface area (TPSA) is 53.0 Å². The number of thiophene rings is 1. The minimum atomic E-state index is -0.850. The molecule has 1 N–H and O–H groups in total. The summed E-state index contributed by atoms with van der Waals surface area (Å²) in [6.07, 6.45) is 1.11. The van der Waals surface area contributed by atoms with E-state index in [1.165, 1.54) is 21.0 Å². The van der Waals surface area contributed by atoms with Gasteiger partial charge in [0.2, 0.25) is 0 Å². The summed E-state index contributed by atoms with van der Waals surface area (Å²) in [7, 11) is 4.21. The van der Waals surface area contributed by atoms with E-state index in [1.807, 2.05) is 35.6 Å². The molecule has 0 unspecified atom stereocenters. The van der Waals surface area contributed by atoms with Crippen molar-refractivity contribution in [1.82, 2.24) is 4.90 Å². The molecule has 0 radical (unpaired) electrons. The van der Waals surface area contributed by atoms with E-state index in [4.69, 9.17) is 9.84 Å². The second-order valence-corrected chi connectivity index (χ2v) is 10.2. The smallest absolute Gasteiger partial charge is 0.304 e. The summed E-state index contributed by atoms with van der Waals surface area (Å²) in [6, 6.07) is 18.5. The van der Waals surface area contributed by atoms with E-state index in [-0.39, 0.29) is 12.3 Å². The van der Waals surface area contributed by atoms with Crippen LogP contribution in [0, 0.1) is 11.8 Å². The number of carbonyl (C=O) groups is 1. The van der Waals surface area contributed by atoms with Crippen LogP contribution in [0.1, 0.15) is 46.4 Å². The number of aliphatic carboxylic acids is 1. The highest BCUT2D eigenvalue weighted by Crippen LogP contribution is 2.33. The van der Waals surface area contributed by atoms with Crippen LogP contribution in [-0.2, 0) is 30.9 Å². The number of carboxylic acid groups (broad SMARTS) is 1. The first kappa shape index (κ1) is 24.8. The molecule has 0 aliphatic carbocycles. The van der Waals surface area contributed by atoms with Gasteiger partial charge in [-0.1, -0.05) is 42.3 Å². The van der Waals surface area contributed by atoms with Crippen LogP contribution in [-0.4, -0.2) is 36.6 Å². The van der Waals surface area contributed by atoms with Gasteiger partial charge < -0.3 is 14.7 Å². The van der Waals surface area contributed by atoms with Crippen LogP contribution in [0.5, 0.6) is 5.75 Å². The maximum Gasteiger partial charge on any atom is 0.304 e. The van der Waals surface area contributed by atoms with Gasteiger partial charge in [0.15, 0.2) is 0 Å². The number of hydrogen-bond donors (Lipinski definition) is 1. The van der Waals surface area contributed by atoms with Gasteiger partial charge in [-0.05, 0) is 53.8 Å². The molecule has 0 amide bonds. The van der Waals surface area contributed by atoms with E-state index in [1.54, 1.807) is 6.92 Å². The van der Waals surface area contributed by atoms with E-state index >= 15 is 0 Å². The molecule has 0 fully saturated rings. The standard InChI is InChI=1S/C29H32N2O3S/c1-4-6-24(17-29(32)33)23-9-11-26(12-10-23)34-20-22-8-5-7-21(15-22)18-31-14-13-27-25(19-31)16-28(35-27)30(2)3/h5,7-12,15-16,24H,13-14,17-20H2,1-3H3,(H,32,33)/t24-/m0/s1. The van der Waals surface area contributed by atoms with E-state index in [2.05, 4.69) is 66.1 Å². The quantitative estimate of drug-likeness (QED) is 0.401. The molecule has 0 saturated carbocycles. The lowest BCUT2D eigenvalue weighted by atomic mass is 9.96. The van der Waals surface area contributed by atoms with Crippen molar-refractivity contribution in [3.63, 3.8) is 0 Å². The lowest BCUT2D eigenvalue weighted by molar-refractivity contribution is -0.137. The molecule has 2 heterocycles. The number of carboxylic acids is 1. The summed E-state index contributed by atoms with van der Waals surface area (Å²) in [5.74, 6) is 5.41. The van der Waals surface area contributed by atoms with Crippen molar-refractivity contribution in [3.8, 4) is 17.6 Å². The second kappa shape index (κ2) is 11.4. The molecule has 0 bridgehead atoms. The first-order valence-corrected chi connectivity index (χ1v) is 12.7. The van der Waals surface area contributed by atoms with Crippen molar-refractivity contribution in [3.05, 3.63) is 81.7 Å². The van der Waals surface area contributed by atoms with Crippen LogP contribution in [0.15, 0.2) is 54.6 Å². The number of benzene rings is 2. The first-order valence-electron chi connectivity index (χ1n) is 11.9. The van der Waals surface area contributed by atoms with E-state index in [0.717, 1.165) is 42.9 Å². The predicted molar refractivity (Wildman–Crippen MR) is 142 cm³/mol. The van der Waals surface area contributed by atoms with Crippen molar-refractivity contribution >= 4 is 22.3 Å². The number of nitrogens with zero attached hydrogens (tertiary/aromatic N) is 2. The lowest BCUT2D eigenvalue weighted by Crippen LogP contribution is -2.29. The van der Waals surface area contributed by atoms with Crippen molar-refractivity contribution in [2.75, 3.05) is 25.5 Å². The Kier molecular flexibility index (Phi) is 8.12. The molecule has 1 atom stereocenters. The third-order valence-electron chi connectivity index (χ3n) is 6.16. The summed E-state index contributed by atoms with van der Waals surface area (Å²) in [4.78, 5) is 17.3. The van der Waals surface area contributed by atoms with Gasteiger partial charge in [-0.25, -0.2) is 0 Å². The van der Waals surface area contributed by atoms with Gasteiger partial charge in [0.05, 0.1) is 17.3 Å². The first-order chi connectivity index (χ1) is 16.9. The van der Waals surface area contributed by atoms with Crippen molar-refractivity contribution < 1.29 is 14.6 Å². The summed E-state index contributed by atoms with van der Waals surface area (Å²) in [6.45, 7) is 5.22. The molecule has 0 saturated heterocycles. The Labute approximate surface area is 212 Å². The van der Waals surface area contributed by atoms with Crippen LogP contribution in [0.25, 0.3) is 0 Å². The van der Waals surface area contributed by atoms with Crippen LogP contribution in [0.4, 0.5) is 5.00 Å². The molecule has 1 aromatic heterocycles. The summed E-state index contributed by atoms with van der Waals surface area (Å²) in [5, 5.41) is 10.5. The number of ether oxygens (including phenoxy) is 1. The largest absolute Gasteiger partial charge is 0.489 e. The molecular formula is C29H32N2O3S. The molecule has 4 rings (SSSR count). The summed E-state index contributed by atoms with van der Waals surface area (Å²) in [5.41, 5.74) is 4.78. The highest BCUT2D eigenvalue weighted by atomic mass is 32.1. The zero-order valence-corrected chi connectivity index (χ0v) is 21.4. The van der Waals surface area contributed by atoms with E-state index < -0.39 is 5.97 Å². The molecule has 6 heteroatoms. The zero-order valence-electron chi connectivity index (χ0n) is 20.6. The molecule has 182 valence electrons. The normalized spacial score (nSPS) is 13.9. The molecule has 1 aliphatic heterocycles. The van der Waals surface area contributed by atoms with Crippen LogP contribution in [0.2, 0.25) is 0 Å².